The van der Waals surface area contributed by atoms with Gasteiger partial charge in [-0.15, -0.1) is 0 Å². The Balaban J connectivity index is 1.46. The lowest BCUT2D eigenvalue weighted by Crippen LogP contribution is -2.27. The third-order valence-corrected chi connectivity index (χ3v) is 6.68. The van der Waals surface area contributed by atoms with E-state index in [1.165, 1.54) is 0 Å². The monoisotopic (exact) mass is 469 g/mol. The minimum Gasteiger partial charge on any atom is -0.493 e. The van der Waals surface area contributed by atoms with Crippen LogP contribution in [0.1, 0.15) is 41.9 Å². The van der Waals surface area contributed by atoms with E-state index in [1.807, 2.05) is 60.7 Å². The second-order valence-corrected chi connectivity index (χ2v) is 8.81. The summed E-state index contributed by atoms with van der Waals surface area (Å²) in [4.78, 5) is 16.0. The van der Waals surface area contributed by atoms with Crippen LogP contribution in [0.3, 0.4) is 0 Å². The van der Waals surface area contributed by atoms with Gasteiger partial charge in [0, 0.05) is 29.1 Å². The number of likely N-dealkylation sites (N-methyl/N-ethyl adjacent to an activating group) is 1. The van der Waals surface area contributed by atoms with Crippen LogP contribution in [0.4, 0.5) is 0 Å². The van der Waals surface area contributed by atoms with Gasteiger partial charge in [-0.25, -0.2) is 0 Å². The molecular formula is C30H31NO4. The molecule has 2 heterocycles. The van der Waals surface area contributed by atoms with Gasteiger partial charge in [-0.3, -0.25) is 4.79 Å². The van der Waals surface area contributed by atoms with E-state index < -0.39 is 0 Å². The van der Waals surface area contributed by atoms with Crippen LogP contribution in [-0.2, 0) is 6.42 Å². The molecule has 0 N–H and O–H groups in total. The highest BCUT2D eigenvalue weighted by Gasteiger charge is 2.25. The minimum atomic E-state index is -0.145. The first-order chi connectivity index (χ1) is 17.2. The van der Waals surface area contributed by atoms with Gasteiger partial charge >= 0.3 is 0 Å². The first kappa shape index (κ1) is 23.2. The number of nitrogens with zero attached hydrogens (tertiary/aromatic N) is 1. The van der Waals surface area contributed by atoms with E-state index in [1.54, 1.807) is 0 Å². The van der Waals surface area contributed by atoms with Gasteiger partial charge in [-0.05, 0) is 67.4 Å². The van der Waals surface area contributed by atoms with Crippen molar-refractivity contribution in [2.45, 2.75) is 26.7 Å². The fourth-order valence-electron chi connectivity index (χ4n) is 4.66. The van der Waals surface area contributed by atoms with Crippen LogP contribution in [0, 0.1) is 0 Å². The highest BCUT2D eigenvalue weighted by Crippen LogP contribution is 2.40. The van der Waals surface area contributed by atoms with Crippen molar-refractivity contribution in [2.75, 3.05) is 32.8 Å². The lowest BCUT2D eigenvalue weighted by Gasteiger charge is -2.18. The summed E-state index contributed by atoms with van der Waals surface area (Å²) in [6, 6.07) is 21.4. The standard InChI is InChI=1S/C30H31NO4/c1-3-31(4-2)16-18-33-24-14-12-22(13-15-24)29(32)30-28(21-9-6-5-7-10-21)25-19-23-11-8-17-34-26(23)20-27(25)35-30/h5-7,9-10,12-15,19-20H,3-4,8,11,16-18H2,1-2H3. The molecule has 5 rings (SSSR count). The van der Waals surface area contributed by atoms with Crippen molar-refractivity contribution >= 4 is 16.8 Å². The molecule has 1 aliphatic rings. The van der Waals surface area contributed by atoms with Crippen LogP contribution in [0.15, 0.2) is 71.1 Å². The van der Waals surface area contributed by atoms with E-state index >= 15 is 0 Å². The van der Waals surface area contributed by atoms with Crippen molar-refractivity contribution in [1.29, 1.82) is 0 Å². The number of hydrogen-bond acceptors (Lipinski definition) is 5. The Morgan fingerprint density at radius 2 is 1.77 bits per heavy atom. The molecule has 3 aromatic carbocycles. The molecule has 0 saturated carbocycles. The molecule has 4 aromatic rings. The number of aryl methyl sites for hydroxylation is 1. The lowest BCUT2D eigenvalue weighted by molar-refractivity contribution is 0.101. The van der Waals surface area contributed by atoms with E-state index in [0.717, 1.165) is 66.1 Å². The Bertz CT molecular complexity index is 1300. The van der Waals surface area contributed by atoms with Gasteiger partial charge in [0.25, 0.3) is 0 Å². The molecule has 0 atom stereocenters. The smallest absolute Gasteiger partial charge is 0.228 e. The summed E-state index contributed by atoms with van der Waals surface area (Å²) in [5.41, 5.74) is 4.19. The van der Waals surface area contributed by atoms with E-state index in [4.69, 9.17) is 13.9 Å². The fraction of sp³-hybridized carbons (Fsp3) is 0.300. The topological polar surface area (TPSA) is 51.9 Å². The highest BCUT2D eigenvalue weighted by molar-refractivity contribution is 6.15. The van der Waals surface area contributed by atoms with Gasteiger partial charge in [0.2, 0.25) is 5.78 Å². The first-order valence-corrected chi connectivity index (χ1v) is 12.5. The largest absolute Gasteiger partial charge is 0.493 e. The summed E-state index contributed by atoms with van der Waals surface area (Å²) >= 11 is 0. The number of ketones is 1. The average molecular weight is 470 g/mol. The lowest BCUT2D eigenvalue weighted by atomic mass is 9.96. The Morgan fingerprint density at radius 1 is 1.00 bits per heavy atom. The third-order valence-electron chi connectivity index (χ3n) is 6.68. The number of carbonyl (C=O) groups is 1. The van der Waals surface area contributed by atoms with Crippen molar-refractivity contribution in [1.82, 2.24) is 4.90 Å². The highest BCUT2D eigenvalue weighted by atomic mass is 16.5. The Kier molecular flexibility index (Phi) is 6.87. The van der Waals surface area contributed by atoms with Crippen molar-refractivity contribution in [3.8, 4) is 22.6 Å². The number of rotatable bonds is 9. The van der Waals surface area contributed by atoms with Gasteiger partial charge < -0.3 is 18.8 Å². The van der Waals surface area contributed by atoms with E-state index in [-0.39, 0.29) is 5.78 Å². The van der Waals surface area contributed by atoms with Crippen LogP contribution >= 0.6 is 0 Å². The number of benzene rings is 3. The molecule has 180 valence electrons. The second-order valence-electron chi connectivity index (χ2n) is 8.81. The van der Waals surface area contributed by atoms with Gasteiger partial charge in [-0.2, -0.15) is 0 Å². The zero-order chi connectivity index (χ0) is 24.2. The zero-order valence-electron chi connectivity index (χ0n) is 20.4. The summed E-state index contributed by atoms with van der Waals surface area (Å²) < 4.78 is 17.9. The van der Waals surface area contributed by atoms with Crippen LogP contribution in [0.25, 0.3) is 22.1 Å². The van der Waals surface area contributed by atoms with Crippen LogP contribution in [-0.4, -0.2) is 43.5 Å². The summed E-state index contributed by atoms with van der Waals surface area (Å²) in [7, 11) is 0. The molecule has 5 nitrogen and oxygen atoms in total. The third kappa shape index (κ3) is 4.82. The molecular weight excluding hydrogens is 438 g/mol. The van der Waals surface area contributed by atoms with Gasteiger partial charge in [0.05, 0.1) is 6.61 Å². The van der Waals surface area contributed by atoms with Crippen molar-refractivity contribution in [3.05, 3.63) is 83.6 Å². The quantitative estimate of drug-likeness (QED) is 0.266. The molecule has 5 heteroatoms. The number of furan rings is 1. The van der Waals surface area contributed by atoms with Gasteiger partial charge in [0.1, 0.15) is 23.7 Å². The molecule has 0 fully saturated rings. The number of fused-ring (bicyclic) bond motifs is 2. The summed E-state index contributed by atoms with van der Waals surface area (Å²) in [6.07, 6.45) is 1.95. The van der Waals surface area contributed by atoms with Crippen LogP contribution < -0.4 is 9.47 Å². The number of ether oxygens (including phenoxy) is 2. The molecule has 35 heavy (non-hydrogen) atoms. The second kappa shape index (κ2) is 10.4. The van der Waals surface area contributed by atoms with Crippen LogP contribution in [0.5, 0.6) is 11.5 Å². The van der Waals surface area contributed by atoms with Gasteiger partial charge in [0.15, 0.2) is 5.76 Å². The zero-order valence-corrected chi connectivity index (χ0v) is 20.4. The maximum absolute atomic E-state index is 13.7. The molecule has 0 bridgehead atoms. The number of hydrogen-bond donors (Lipinski definition) is 0. The first-order valence-electron chi connectivity index (χ1n) is 12.5. The maximum atomic E-state index is 13.7. The Labute approximate surface area is 206 Å². The average Bonchev–Trinajstić information content (AvgIpc) is 3.28. The molecule has 1 aliphatic heterocycles. The molecule has 0 aliphatic carbocycles. The van der Waals surface area contributed by atoms with Crippen LogP contribution in [0.2, 0.25) is 0 Å². The maximum Gasteiger partial charge on any atom is 0.228 e. The molecule has 1 aromatic heterocycles. The molecule has 0 saturated heterocycles. The predicted octanol–water partition coefficient (Wildman–Crippen LogP) is 6.38. The number of carbonyl (C=O) groups excluding carboxylic acids is 1. The van der Waals surface area contributed by atoms with E-state index in [9.17, 15) is 4.79 Å². The fourth-order valence-corrected chi connectivity index (χ4v) is 4.66. The summed E-state index contributed by atoms with van der Waals surface area (Å²) in [5.74, 6) is 1.81. The van der Waals surface area contributed by atoms with Gasteiger partial charge in [-0.1, -0.05) is 44.2 Å². The molecule has 0 radical (unpaired) electrons. The van der Waals surface area contributed by atoms with E-state index in [2.05, 4.69) is 24.8 Å². The summed E-state index contributed by atoms with van der Waals surface area (Å²) in [5, 5.41) is 0.945. The Hall–Kier alpha value is -3.57. The normalized spacial score (nSPS) is 13.0. The molecule has 0 unspecified atom stereocenters. The summed E-state index contributed by atoms with van der Waals surface area (Å²) in [6.45, 7) is 8.50. The van der Waals surface area contributed by atoms with Crippen molar-refractivity contribution in [3.63, 3.8) is 0 Å². The molecule has 0 spiro atoms. The van der Waals surface area contributed by atoms with Crippen molar-refractivity contribution < 1.29 is 18.7 Å². The Morgan fingerprint density at radius 3 is 2.51 bits per heavy atom. The predicted molar refractivity (Wildman–Crippen MR) is 139 cm³/mol. The van der Waals surface area contributed by atoms with Crippen molar-refractivity contribution in [2.24, 2.45) is 0 Å². The van der Waals surface area contributed by atoms with E-state index in [0.29, 0.717) is 30.1 Å². The minimum absolute atomic E-state index is 0.145. The SMILES string of the molecule is CCN(CC)CCOc1ccc(C(=O)c2oc3cc4c(cc3c2-c2ccccc2)CCCO4)cc1. The molecule has 0 amide bonds.